The van der Waals surface area contributed by atoms with E-state index in [0.29, 0.717) is 0 Å². The summed E-state index contributed by atoms with van der Waals surface area (Å²) in [5.41, 5.74) is 8.34. The standard InChI is InChI=1S/C14H27N5/c1-6-11-12(15)13(17(5)16-11)18-7-9-19(10-8-18)14(2,3)4/h6-10,15H2,1-5H3. The molecule has 1 fully saturated rings. The highest BCUT2D eigenvalue weighted by Crippen LogP contribution is 2.28. The Hall–Kier alpha value is -1.23. The first-order chi connectivity index (χ1) is 8.84. The van der Waals surface area contributed by atoms with E-state index in [9.17, 15) is 0 Å². The number of nitrogen functional groups attached to an aromatic ring is 1. The Kier molecular flexibility index (Phi) is 3.76. The van der Waals surface area contributed by atoms with Crippen LogP contribution in [0.3, 0.4) is 0 Å². The highest BCUT2D eigenvalue weighted by Gasteiger charge is 2.28. The second-order valence-electron chi connectivity index (χ2n) is 6.31. The molecule has 0 amide bonds. The summed E-state index contributed by atoms with van der Waals surface area (Å²) in [6.07, 6.45) is 0.891. The molecule has 0 aromatic carbocycles. The number of piperazine rings is 1. The van der Waals surface area contributed by atoms with Gasteiger partial charge in [0.2, 0.25) is 0 Å². The predicted octanol–water partition coefficient (Wildman–Crippen LogP) is 1.49. The van der Waals surface area contributed by atoms with Crippen molar-refractivity contribution in [3.8, 4) is 0 Å². The van der Waals surface area contributed by atoms with Crippen LogP contribution >= 0.6 is 0 Å². The van der Waals surface area contributed by atoms with Crippen molar-refractivity contribution in [2.45, 2.75) is 39.7 Å². The van der Waals surface area contributed by atoms with Crippen LogP contribution in [0.25, 0.3) is 0 Å². The maximum atomic E-state index is 6.23. The number of aromatic nitrogens is 2. The Morgan fingerprint density at radius 2 is 1.74 bits per heavy atom. The number of hydrogen-bond donors (Lipinski definition) is 1. The normalized spacial score (nSPS) is 18.1. The SMILES string of the molecule is CCc1nn(C)c(N2CCN(C(C)(C)C)CC2)c1N. The van der Waals surface area contributed by atoms with Gasteiger partial charge >= 0.3 is 0 Å². The average Bonchev–Trinajstić information content (AvgIpc) is 2.63. The highest BCUT2D eigenvalue weighted by atomic mass is 15.4. The van der Waals surface area contributed by atoms with E-state index in [1.807, 2.05) is 11.7 Å². The molecule has 0 spiro atoms. The van der Waals surface area contributed by atoms with Crippen molar-refractivity contribution >= 4 is 11.5 Å². The van der Waals surface area contributed by atoms with Crippen LogP contribution in [-0.2, 0) is 13.5 Å². The summed E-state index contributed by atoms with van der Waals surface area (Å²) >= 11 is 0. The lowest BCUT2D eigenvalue weighted by Gasteiger charge is -2.42. The first-order valence-corrected chi connectivity index (χ1v) is 7.16. The van der Waals surface area contributed by atoms with E-state index in [-0.39, 0.29) is 5.54 Å². The molecule has 2 heterocycles. The summed E-state index contributed by atoms with van der Waals surface area (Å²) in [6, 6.07) is 0. The predicted molar refractivity (Wildman–Crippen MR) is 80.5 cm³/mol. The van der Waals surface area contributed by atoms with E-state index in [0.717, 1.165) is 49.8 Å². The number of aryl methyl sites for hydroxylation is 2. The summed E-state index contributed by atoms with van der Waals surface area (Å²) in [7, 11) is 1.99. The minimum atomic E-state index is 0.249. The van der Waals surface area contributed by atoms with Gasteiger partial charge in [0.05, 0.1) is 11.4 Å². The Balaban J connectivity index is 2.12. The van der Waals surface area contributed by atoms with E-state index in [4.69, 9.17) is 5.73 Å². The summed E-state index contributed by atoms with van der Waals surface area (Å²) in [6.45, 7) is 13.1. The zero-order valence-corrected chi connectivity index (χ0v) is 12.9. The van der Waals surface area contributed by atoms with Crippen LogP contribution in [0.5, 0.6) is 0 Å². The van der Waals surface area contributed by atoms with Gasteiger partial charge in [0, 0.05) is 38.8 Å². The van der Waals surface area contributed by atoms with E-state index in [1.165, 1.54) is 0 Å². The van der Waals surface area contributed by atoms with E-state index in [1.54, 1.807) is 0 Å². The molecule has 0 aliphatic carbocycles. The maximum absolute atomic E-state index is 6.23. The molecule has 2 N–H and O–H groups in total. The van der Waals surface area contributed by atoms with Crippen molar-refractivity contribution < 1.29 is 0 Å². The van der Waals surface area contributed by atoms with Gasteiger partial charge in [-0.2, -0.15) is 5.10 Å². The van der Waals surface area contributed by atoms with Crippen molar-refractivity contribution in [1.29, 1.82) is 0 Å². The van der Waals surface area contributed by atoms with Crippen molar-refractivity contribution in [2.24, 2.45) is 7.05 Å². The maximum Gasteiger partial charge on any atom is 0.150 e. The third kappa shape index (κ3) is 2.71. The van der Waals surface area contributed by atoms with E-state index in [2.05, 4.69) is 42.6 Å². The number of hydrogen-bond acceptors (Lipinski definition) is 4. The van der Waals surface area contributed by atoms with Crippen LogP contribution in [0, 0.1) is 0 Å². The van der Waals surface area contributed by atoms with Gasteiger partial charge in [0.25, 0.3) is 0 Å². The number of nitrogens with zero attached hydrogens (tertiary/aromatic N) is 4. The van der Waals surface area contributed by atoms with Gasteiger partial charge in [0.1, 0.15) is 5.82 Å². The quantitative estimate of drug-likeness (QED) is 0.880. The van der Waals surface area contributed by atoms with Crippen LogP contribution in [0.15, 0.2) is 0 Å². The van der Waals surface area contributed by atoms with Crippen molar-refractivity contribution in [2.75, 3.05) is 36.8 Å². The molecule has 1 saturated heterocycles. The summed E-state index contributed by atoms with van der Waals surface area (Å²) in [4.78, 5) is 4.89. The molecule has 19 heavy (non-hydrogen) atoms. The molecular weight excluding hydrogens is 238 g/mol. The zero-order valence-electron chi connectivity index (χ0n) is 12.9. The van der Waals surface area contributed by atoms with Crippen LogP contribution in [0.1, 0.15) is 33.4 Å². The Bertz CT molecular complexity index is 435. The minimum absolute atomic E-state index is 0.249. The minimum Gasteiger partial charge on any atom is -0.394 e. The molecular formula is C14H27N5. The first-order valence-electron chi connectivity index (χ1n) is 7.16. The monoisotopic (exact) mass is 265 g/mol. The zero-order chi connectivity index (χ0) is 14.2. The van der Waals surface area contributed by atoms with Crippen LogP contribution in [0.4, 0.5) is 11.5 Å². The fraction of sp³-hybridized carbons (Fsp3) is 0.786. The fourth-order valence-corrected chi connectivity index (χ4v) is 2.81. The van der Waals surface area contributed by atoms with Crippen LogP contribution in [0.2, 0.25) is 0 Å². The van der Waals surface area contributed by atoms with Gasteiger partial charge in [-0.3, -0.25) is 9.58 Å². The summed E-state index contributed by atoms with van der Waals surface area (Å²) < 4.78 is 1.93. The van der Waals surface area contributed by atoms with Gasteiger partial charge in [-0.25, -0.2) is 0 Å². The second kappa shape index (κ2) is 5.04. The molecule has 108 valence electrons. The Morgan fingerprint density at radius 3 is 2.16 bits per heavy atom. The average molecular weight is 265 g/mol. The van der Waals surface area contributed by atoms with Crippen molar-refractivity contribution in [3.63, 3.8) is 0 Å². The molecule has 1 aromatic heterocycles. The van der Waals surface area contributed by atoms with E-state index < -0.39 is 0 Å². The van der Waals surface area contributed by atoms with E-state index >= 15 is 0 Å². The van der Waals surface area contributed by atoms with Crippen LogP contribution in [-0.4, -0.2) is 46.4 Å². The van der Waals surface area contributed by atoms with Crippen molar-refractivity contribution in [3.05, 3.63) is 5.69 Å². The number of rotatable bonds is 2. The lowest BCUT2D eigenvalue weighted by atomic mass is 10.0. The molecule has 1 aromatic rings. The Morgan fingerprint density at radius 1 is 1.16 bits per heavy atom. The van der Waals surface area contributed by atoms with Crippen molar-refractivity contribution in [1.82, 2.24) is 14.7 Å². The van der Waals surface area contributed by atoms with Gasteiger partial charge in [-0.05, 0) is 27.2 Å². The molecule has 1 aliphatic rings. The number of anilines is 2. The van der Waals surface area contributed by atoms with Crippen LogP contribution < -0.4 is 10.6 Å². The largest absolute Gasteiger partial charge is 0.394 e. The molecule has 5 nitrogen and oxygen atoms in total. The lowest BCUT2D eigenvalue weighted by Crippen LogP contribution is -2.53. The number of nitrogens with two attached hydrogens (primary N) is 1. The summed E-state index contributed by atoms with van der Waals surface area (Å²) in [5, 5.41) is 4.51. The second-order valence-corrected chi connectivity index (χ2v) is 6.31. The highest BCUT2D eigenvalue weighted by molar-refractivity contribution is 5.66. The molecule has 0 saturated carbocycles. The Labute approximate surface area is 116 Å². The first kappa shape index (κ1) is 14.2. The molecule has 0 atom stereocenters. The third-order valence-electron chi connectivity index (χ3n) is 3.99. The molecule has 2 rings (SSSR count). The smallest absolute Gasteiger partial charge is 0.150 e. The lowest BCUT2D eigenvalue weighted by molar-refractivity contribution is 0.128. The van der Waals surface area contributed by atoms with Gasteiger partial charge in [-0.1, -0.05) is 6.92 Å². The molecule has 0 unspecified atom stereocenters. The fourth-order valence-electron chi connectivity index (χ4n) is 2.81. The van der Waals surface area contributed by atoms with Gasteiger partial charge in [-0.15, -0.1) is 0 Å². The van der Waals surface area contributed by atoms with Gasteiger partial charge < -0.3 is 10.6 Å². The molecule has 0 radical (unpaired) electrons. The molecule has 5 heteroatoms. The van der Waals surface area contributed by atoms with Gasteiger partial charge in [0.15, 0.2) is 0 Å². The third-order valence-corrected chi connectivity index (χ3v) is 3.99. The molecule has 0 bridgehead atoms. The molecule has 1 aliphatic heterocycles. The summed E-state index contributed by atoms with van der Waals surface area (Å²) in [5.74, 6) is 1.09. The topological polar surface area (TPSA) is 50.3 Å².